The van der Waals surface area contributed by atoms with Gasteiger partial charge >= 0.3 is 12.0 Å². The standard InChI is InChI=1S/C10H20N2O4/c1-8(2)16-7-6-12-10(15)11-5-3-4-9(13)14/h8H,3-7H2,1-2H3,(H,13,14)(H2,11,12,15). The Kier molecular flexibility index (Phi) is 8.24. The summed E-state index contributed by atoms with van der Waals surface area (Å²) < 4.78 is 5.23. The van der Waals surface area contributed by atoms with Crippen molar-refractivity contribution in [1.82, 2.24) is 10.6 Å². The first-order valence-corrected chi connectivity index (χ1v) is 5.37. The second kappa shape index (κ2) is 8.96. The summed E-state index contributed by atoms with van der Waals surface area (Å²) in [5.74, 6) is -0.854. The van der Waals surface area contributed by atoms with Crippen LogP contribution in [0.1, 0.15) is 26.7 Å². The first-order valence-electron chi connectivity index (χ1n) is 5.37. The van der Waals surface area contributed by atoms with E-state index in [0.29, 0.717) is 26.1 Å². The van der Waals surface area contributed by atoms with Gasteiger partial charge in [-0.3, -0.25) is 4.79 Å². The monoisotopic (exact) mass is 232 g/mol. The molecule has 6 heteroatoms. The molecule has 0 unspecified atom stereocenters. The van der Waals surface area contributed by atoms with Crippen molar-refractivity contribution in [3.8, 4) is 0 Å². The van der Waals surface area contributed by atoms with Crippen LogP contribution in [0.25, 0.3) is 0 Å². The first kappa shape index (κ1) is 14.7. The van der Waals surface area contributed by atoms with Crippen LogP contribution >= 0.6 is 0 Å². The molecule has 0 aliphatic heterocycles. The van der Waals surface area contributed by atoms with Crippen LogP contribution in [0.15, 0.2) is 0 Å². The van der Waals surface area contributed by atoms with Gasteiger partial charge in [0.2, 0.25) is 0 Å². The Labute approximate surface area is 95.4 Å². The molecule has 0 aliphatic carbocycles. The van der Waals surface area contributed by atoms with Crippen molar-refractivity contribution in [2.24, 2.45) is 0 Å². The molecule has 16 heavy (non-hydrogen) atoms. The molecule has 0 spiro atoms. The Morgan fingerprint density at radius 1 is 1.25 bits per heavy atom. The Balaban J connectivity index is 3.28. The number of urea groups is 1. The van der Waals surface area contributed by atoms with Gasteiger partial charge in [-0.05, 0) is 20.3 Å². The Morgan fingerprint density at radius 3 is 2.44 bits per heavy atom. The fraction of sp³-hybridized carbons (Fsp3) is 0.800. The molecule has 0 heterocycles. The lowest BCUT2D eigenvalue weighted by Gasteiger charge is -2.09. The summed E-state index contributed by atoms with van der Waals surface area (Å²) in [5.41, 5.74) is 0. The maximum atomic E-state index is 11.1. The number of carbonyl (C=O) groups excluding carboxylic acids is 1. The molecule has 2 amide bonds. The van der Waals surface area contributed by atoms with Crippen LogP contribution in [-0.2, 0) is 9.53 Å². The van der Waals surface area contributed by atoms with Gasteiger partial charge in [-0.2, -0.15) is 0 Å². The molecule has 0 bridgehead atoms. The molecule has 0 radical (unpaired) electrons. The molecular formula is C10H20N2O4. The van der Waals surface area contributed by atoms with Crippen LogP contribution in [0.5, 0.6) is 0 Å². The Bertz CT molecular complexity index is 219. The lowest BCUT2D eigenvalue weighted by atomic mass is 10.3. The zero-order valence-corrected chi connectivity index (χ0v) is 9.78. The van der Waals surface area contributed by atoms with E-state index in [1.54, 1.807) is 0 Å². The lowest BCUT2D eigenvalue weighted by Crippen LogP contribution is -2.38. The van der Waals surface area contributed by atoms with Crippen LogP contribution in [0.4, 0.5) is 4.79 Å². The van der Waals surface area contributed by atoms with Gasteiger partial charge in [0.25, 0.3) is 0 Å². The summed E-state index contributed by atoms with van der Waals surface area (Å²) in [6.45, 7) is 5.13. The Hall–Kier alpha value is -1.30. The molecule has 0 fully saturated rings. The number of rotatable bonds is 8. The molecule has 0 aromatic heterocycles. The average molecular weight is 232 g/mol. The fourth-order valence-corrected chi connectivity index (χ4v) is 0.963. The third-order valence-electron chi connectivity index (χ3n) is 1.69. The van der Waals surface area contributed by atoms with E-state index in [2.05, 4.69) is 10.6 Å². The van der Waals surface area contributed by atoms with Crippen LogP contribution in [0.3, 0.4) is 0 Å². The zero-order chi connectivity index (χ0) is 12.4. The number of amides is 2. The van der Waals surface area contributed by atoms with E-state index in [-0.39, 0.29) is 18.6 Å². The molecular weight excluding hydrogens is 212 g/mol. The fourth-order valence-electron chi connectivity index (χ4n) is 0.963. The number of hydrogen-bond acceptors (Lipinski definition) is 3. The van der Waals surface area contributed by atoms with Crippen LogP contribution in [0.2, 0.25) is 0 Å². The van der Waals surface area contributed by atoms with Crippen molar-refractivity contribution < 1.29 is 19.4 Å². The van der Waals surface area contributed by atoms with E-state index in [9.17, 15) is 9.59 Å². The topological polar surface area (TPSA) is 87.7 Å². The minimum atomic E-state index is -0.854. The molecule has 0 rings (SSSR count). The minimum Gasteiger partial charge on any atom is -0.481 e. The largest absolute Gasteiger partial charge is 0.481 e. The number of ether oxygens (including phenoxy) is 1. The van der Waals surface area contributed by atoms with Gasteiger partial charge in [0.05, 0.1) is 12.7 Å². The average Bonchev–Trinajstić information content (AvgIpc) is 2.19. The molecule has 94 valence electrons. The highest BCUT2D eigenvalue weighted by Crippen LogP contribution is 1.86. The number of aliphatic carboxylic acids is 1. The highest BCUT2D eigenvalue weighted by atomic mass is 16.5. The third-order valence-corrected chi connectivity index (χ3v) is 1.69. The van der Waals surface area contributed by atoms with E-state index in [1.807, 2.05) is 13.8 Å². The summed E-state index contributed by atoms with van der Waals surface area (Å²) in [7, 11) is 0. The molecule has 6 nitrogen and oxygen atoms in total. The van der Waals surface area contributed by atoms with Crippen LogP contribution < -0.4 is 10.6 Å². The first-order chi connectivity index (χ1) is 7.52. The van der Waals surface area contributed by atoms with Gasteiger partial charge < -0.3 is 20.5 Å². The van der Waals surface area contributed by atoms with E-state index in [0.717, 1.165) is 0 Å². The van der Waals surface area contributed by atoms with Gasteiger partial charge in [-0.1, -0.05) is 0 Å². The van der Waals surface area contributed by atoms with E-state index >= 15 is 0 Å². The van der Waals surface area contributed by atoms with Crippen LogP contribution in [0, 0.1) is 0 Å². The van der Waals surface area contributed by atoms with E-state index in [1.165, 1.54) is 0 Å². The van der Waals surface area contributed by atoms with Crippen molar-refractivity contribution >= 4 is 12.0 Å². The third kappa shape index (κ3) is 10.8. The highest BCUT2D eigenvalue weighted by molar-refractivity contribution is 5.73. The zero-order valence-electron chi connectivity index (χ0n) is 9.78. The summed E-state index contributed by atoms with van der Waals surface area (Å²) in [6, 6.07) is -0.294. The van der Waals surface area contributed by atoms with E-state index in [4.69, 9.17) is 9.84 Å². The second-order valence-electron chi connectivity index (χ2n) is 3.60. The van der Waals surface area contributed by atoms with Gasteiger partial charge in [0, 0.05) is 19.5 Å². The van der Waals surface area contributed by atoms with Gasteiger partial charge in [0.15, 0.2) is 0 Å². The van der Waals surface area contributed by atoms with Crippen molar-refractivity contribution in [1.29, 1.82) is 0 Å². The minimum absolute atomic E-state index is 0.0662. The molecule has 0 atom stereocenters. The predicted octanol–water partition coefficient (Wildman–Crippen LogP) is 0.575. The predicted molar refractivity (Wildman–Crippen MR) is 59.4 cm³/mol. The summed E-state index contributed by atoms with van der Waals surface area (Å²) >= 11 is 0. The number of carbonyl (C=O) groups is 2. The van der Waals surface area contributed by atoms with Gasteiger partial charge in [0.1, 0.15) is 0 Å². The Morgan fingerprint density at radius 2 is 1.88 bits per heavy atom. The van der Waals surface area contributed by atoms with Crippen LogP contribution in [-0.4, -0.2) is 42.9 Å². The normalized spacial score (nSPS) is 10.2. The molecule has 0 aliphatic rings. The van der Waals surface area contributed by atoms with Crippen molar-refractivity contribution in [3.63, 3.8) is 0 Å². The van der Waals surface area contributed by atoms with E-state index < -0.39 is 5.97 Å². The molecule has 0 saturated carbocycles. The summed E-state index contributed by atoms with van der Waals surface area (Å²) in [5, 5.41) is 13.5. The number of carboxylic acids is 1. The highest BCUT2D eigenvalue weighted by Gasteiger charge is 2.00. The van der Waals surface area contributed by atoms with Crippen molar-refractivity contribution in [2.75, 3.05) is 19.7 Å². The van der Waals surface area contributed by atoms with Crippen molar-refractivity contribution in [3.05, 3.63) is 0 Å². The van der Waals surface area contributed by atoms with Gasteiger partial charge in [-0.25, -0.2) is 4.79 Å². The maximum Gasteiger partial charge on any atom is 0.314 e. The summed E-state index contributed by atoms with van der Waals surface area (Å²) in [6.07, 6.45) is 0.655. The molecule has 0 aromatic rings. The SMILES string of the molecule is CC(C)OCCNC(=O)NCCCC(=O)O. The maximum absolute atomic E-state index is 11.1. The number of nitrogens with one attached hydrogen (secondary N) is 2. The molecule has 0 saturated heterocycles. The van der Waals surface area contributed by atoms with Crippen molar-refractivity contribution in [2.45, 2.75) is 32.8 Å². The number of hydrogen-bond donors (Lipinski definition) is 3. The quantitative estimate of drug-likeness (QED) is 0.534. The molecule has 3 N–H and O–H groups in total. The smallest absolute Gasteiger partial charge is 0.314 e. The second-order valence-corrected chi connectivity index (χ2v) is 3.60. The van der Waals surface area contributed by atoms with Gasteiger partial charge in [-0.15, -0.1) is 0 Å². The number of carboxylic acid groups (broad SMARTS) is 1. The molecule has 0 aromatic carbocycles. The summed E-state index contributed by atoms with van der Waals surface area (Å²) in [4.78, 5) is 21.3. The lowest BCUT2D eigenvalue weighted by molar-refractivity contribution is -0.137.